The van der Waals surface area contributed by atoms with Crippen LogP contribution in [-0.2, 0) is 0 Å². The van der Waals surface area contributed by atoms with Gasteiger partial charge in [-0.1, -0.05) is 24.1 Å². The molecule has 0 unspecified atom stereocenters. The predicted octanol–water partition coefficient (Wildman–Crippen LogP) is 1.15. The number of hydrogen-bond acceptors (Lipinski definition) is 5. The van der Waals surface area contributed by atoms with Gasteiger partial charge in [0, 0.05) is 17.6 Å². The van der Waals surface area contributed by atoms with Gasteiger partial charge in [-0.3, -0.25) is 0 Å². The van der Waals surface area contributed by atoms with Gasteiger partial charge < -0.3 is 19.1 Å². The fourth-order valence-corrected chi connectivity index (χ4v) is 2.20. The molecular formula is C17H10N2O4. The third kappa shape index (κ3) is 2.45. The highest BCUT2D eigenvalue weighted by atomic mass is 16.7. The minimum atomic E-state index is -0.592. The molecular weight excluding hydrogens is 296 g/mol. The van der Waals surface area contributed by atoms with Crippen LogP contribution in [-0.4, -0.2) is 12.1 Å². The van der Waals surface area contributed by atoms with Crippen molar-refractivity contribution in [2.24, 2.45) is 0 Å². The maximum Gasteiger partial charge on any atom is 0.314 e. The van der Waals surface area contributed by atoms with E-state index in [-0.39, 0.29) is 12.5 Å². The smallest absolute Gasteiger partial charge is 0.314 e. The molecule has 0 bridgehead atoms. The van der Waals surface area contributed by atoms with E-state index in [1.54, 1.807) is 18.2 Å². The van der Waals surface area contributed by atoms with Crippen LogP contribution < -0.4 is 19.3 Å². The molecule has 23 heavy (non-hydrogen) atoms. The number of benzene rings is 2. The molecule has 2 heterocycles. The van der Waals surface area contributed by atoms with Crippen LogP contribution in [0.1, 0.15) is 11.3 Å². The molecule has 1 aliphatic heterocycles. The van der Waals surface area contributed by atoms with Gasteiger partial charge in [0.05, 0.1) is 11.3 Å². The number of fused-ring (bicyclic) bond motifs is 1. The van der Waals surface area contributed by atoms with Gasteiger partial charge in [-0.2, -0.15) is 0 Å². The molecule has 112 valence electrons. The van der Waals surface area contributed by atoms with Crippen molar-refractivity contribution < 1.29 is 23.8 Å². The van der Waals surface area contributed by atoms with Crippen molar-refractivity contribution in [3.63, 3.8) is 0 Å². The summed E-state index contributed by atoms with van der Waals surface area (Å²) in [4.78, 5) is 0. The van der Waals surface area contributed by atoms with Gasteiger partial charge in [0.2, 0.25) is 12.5 Å². The monoisotopic (exact) mass is 306 g/mol. The average molecular weight is 306 g/mol. The third-order valence-electron chi connectivity index (χ3n) is 3.31. The number of ether oxygens (including phenoxy) is 2. The molecule has 0 saturated heterocycles. The summed E-state index contributed by atoms with van der Waals surface area (Å²) in [6.07, 6.45) is 0. The summed E-state index contributed by atoms with van der Waals surface area (Å²) >= 11 is 0. The number of nitrogens with zero attached hydrogens (tertiary/aromatic N) is 2. The maximum atomic E-state index is 11.9. The molecule has 6 nitrogen and oxygen atoms in total. The summed E-state index contributed by atoms with van der Waals surface area (Å²) in [5.74, 6) is 6.39. The molecule has 1 aliphatic rings. The fourth-order valence-electron chi connectivity index (χ4n) is 2.20. The topological polar surface area (TPSA) is 71.4 Å². The van der Waals surface area contributed by atoms with Gasteiger partial charge in [0.25, 0.3) is 0 Å². The van der Waals surface area contributed by atoms with Crippen molar-refractivity contribution in [1.29, 1.82) is 0 Å². The average Bonchev–Trinajstić information content (AvgIpc) is 3.19. The van der Waals surface area contributed by atoms with Crippen molar-refractivity contribution in [2.75, 3.05) is 6.79 Å². The van der Waals surface area contributed by atoms with Gasteiger partial charge in [-0.05, 0) is 22.9 Å². The van der Waals surface area contributed by atoms with Crippen LogP contribution in [0.15, 0.2) is 53.1 Å². The van der Waals surface area contributed by atoms with Crippen LogP contribution in [0.4, 0.5) is 0 Å². The summed E-state index contributed by atoms with van der Waals surface area (Å²) in [5, 5.41) is 15.6. The van der Waals surface area contributed by atoms with Gasteiger partial charge in [0.1, 0.15) is 0 Å². The molecule has 0 saturated carbocycles. The molecule has 4 rings (SSSR count). The van der Waals surface area contributed by atoms with Crippen LogP contribution in [0.25, 0.3) is 5.69 Å². The highest BCUT2D eigenvalue weighted by Crippen LogP contribution is 2.32. The Morgan fingerprint density at radius 1 is 1.00 bits per heavy atom. The van der Waals surface area contributed by atoms with Gasteiger partial charge in [-0.15, -0.1) is 0 Å². The van der Waals surface area contributed by atoms with Crippen LogP contribution in [0.5, 0.6) is 17.4 Å². The van der Waals surface area contributed by atoms with E-state index in [0.29, 0.717) is 17.2 Å². The first-order valence-corrected chi connectivity index (χ1v) is 6.87. The Hall–Kier alpha value is -3.46. The summed E-state index contributed by atoms with van der Waals surface area (Å²) in [6.45, 7) is 0.176. The third-order valence-corrected chi connectivity index (χ3v) is 3.31. The van der Waals surface area contributed by atoms with Crippen molar-refractivity contribution in [3.8, 4) is 35.0 Å². The number of rotatable bonds is 1. The van der Waals surface area contributed by atoms with E-state index in [0.717, 1.165) is 5.56 Å². The Bertz CT molecular complexity index is 923. The Morgan fingerprint density at radius 3 is 2.70 bits per heavy atom. The van der Waals surface area contributed by atoms with Crippen molar-refractivity contribution >= 4 is 0 Å². The van der Waals surface area contributed by atoms with Crippen LogP contribution in [0.2, 0.25) is 0 Å². The standard InChI is InChI=1S/C17H10N2O4/c20-17-14(8-6-12-4-2-1-3-5-12)19(18-23-17)13-7-9-15-16(10-13)22-11-21-15/h1-5,7,9-10H,11H2. The van der Waals surface area contributed by atoms with Crippen LogP contribution in [0, 0.1) is 11.8 Å². The summed E-state index contributed by atoms with van der Waals surface area (Å²) in [5.41, 5.74) is 1.55. The lowest BCUT2D eigenvalue weighted by atomic mass is 10.2. The first-order chi connectivity index (χ1) is 11.3. The molecule has 0 amide bonds. The van der Waals surface area contributed by atoms with Crippen molar-refractivity contribution in [1.82, 2.24) is 5.27 Å². The quantitative estimate of drug-likeness (QED) is 0.498. The zero-order chi connectivity index (χ0) is 15.6. The fraction of sp³-hybridized carbons (Fsp3) is 0.0588. The molecule has 0 atom stereocenters. The molecule has 6 heteroatoms. The predicted molar refractivity (Wildman–Crippen MR) is 76.0 cm³/mol. The molecule has 0 spiro atoms. The summed E-state index contributed by atoms with van der Waals surface area (Å²) in [7, 11) is 0. The van der Waals surface area contributed by atoms with E-state index in [2.05, 4.69) is 17.1 Å². The zero-order valence-electron chi connectivity index (χ0n) is 11.9. The Balaban J connectivity index is 1.75. The molecule has 1 aromatic heterocycles. The van der Waals surface area contributed by atoms with E-state index in [1.165, 1.54) is 4.68 Å². The first kappa shape index (κ1) is 13.2. The minimum Gasteiger partial charge on any atom is -0.538 e. The first-order valence-electron chi connectivity index (χ1n) is 6.87. The van der Waals surface area contributed by atoms with Gasteiger partial charge in [0.15, 0.2) is 17.4 Å². The molecule has 0 radical (unpaired) electrons. The molecule has 0 N–H and O–H groups in total. The normalized spacial score (nSPS) is 11.8. The Labute approximate surface area is 131 Å². The van der Waals surface area contributed by atoms with E-state index in [4.69, 9.17) is 14.0 Å². The molecule has 3 aromatic rings. The van der Waals surface area contributed by atoms with Crippen LogP contribution in [0.3, 0.4) is 0 Å². The second-order valence-corrected chi connectivity index (χ2v) is 4.77. The lowest BCUT2D eigenvalue weighted by molar-refractivity contribution is -0.672. The van der Waals surface area contributed by atoms with E-state index >= 15 is 0 Å². The second-order valence-electron chi connectivity index (χ2n) is 4.77. The summed E-state index contributed by atoms with van der Waals surface area (Å²) < 4.78 is 16.7. The van der Waals surface area contributed by atoms with Crippen molar-refractivity contribution in [2.45, 2.75) is 0 Å². The minimum absolute atomic E-state index is 0.146. The van der Waals surface area contributed by atoms with E-state index in [1.807, 2.05) is 30.3 Å². The Kier molecular flexibility index (Phi) is 3.10. The SMILES string of the molecule is [O-]c1on[n+](-c2ccc3c(c2)OCO3)c1C#Cc1ccccc1. The van der Waals surface area contributed by atoms with E-state index < -0.39 is 5.95 Å². The molecule has 2 aromatic carbocycles. The Morgan fingerprint density at radius 2 is 1.83 bits per heavy atom. The molecule has 0 fully saturated rings. The lowest BCUT2D eigenvalue weighted by Crippen LogP contribution is -2.35. The summed E-state index contributed by atoms with van der Waals surface area (Å²) in [6, 6.07) is 14.6. The van der Waals surface area contributed by atoms with Gasteiger partial charge in [-0.25, -0.2) is 0 Å². The lowest BCUT2D eigenvalue weighted by Gasteiger charge is -1.95. The van der Waals surface area contributed by atoms with Crippen LogP contribution >= 0.6 is 0 Å². The van der Waals surface area contributed by atoms with E-state index in [9.17, 15) is 5.11 Å². The maximum absolute atomic E-state index is 11.9. The van der Waals surface area contributed by atoms with Gasteiger partial charge >= 0.3 is 5.69 Å². The van der Waals surface area contributed by atoms with Crippen molar-refractivity contribution in [3.05, 3.63) is 59.8 Å². The number of hydrogen-bond donors (Lipinski definition) is 0. The largest absolute Gasteiger partial charge is 0.538 e. The molecule has 0 aliphatic carbocycles. The zero-order valence-corrected chi connectivity index (χ0v) is 11.9. The highest BCUT2D eigenvalue weighted by molar-refractivity contribution is 5.47. The number of aromatic nitrogens is 2. The highest BCUT2D eigenvalue weighted by Gasteiger charge is 2.22. The second kappa shape index (κ2) is 5.39.